The molecule has 0 aliphatic carbocycles. The van der Waals surface area contributed by atoms with E-state index in [4.69, 9.17) is 9.72 Å². The summed E-state index contributed by atoms with van der Waals surface area (Å²) in [6, 6.07) is 42.6. The Morgan fingerprint density at radius 2 is 1.23 bits per heavy atom. The first-order valence-corrected chi connectivity index (χ1v) is 14.5. The predicted molar refractivity (Wildman–Crippen MR) is 170 cm³/mol. The second-order valence-corrected chi connectivity index (χ2v) is 11.2. The van der Waals surface area contributed by atoms with Crippen LogP contribution in [-0.2, 0) is 15.9 Å². The molecule has 0 spiro atoms. The minimum Gasteiger partial charge on any atom is -0.427 e. The predicted octanol–water partition coefficient (Wildman–Crippen LogP) is 7.69. The molecule has 43 heavy (non-hydrogen) atoms. The van der Waals surface area contributed by atoms with E-state index >= 15 is 0 Å². The van der Waals surface area contributed by atoms with E-state index < -0.39 is 11.1 Å². The fraction of sp³-hybridized carbons (Fsp3) is 0.158. The summed E-state index contributed by atoms with van der Waals surface area (Å²) in [5.74, 6) is -0.0591. The highest BCUT2D eigenvalue weighted by atomic mass is 16.5. The van der Waals surface area contributed by atoms with Gasteiger partial charge >= 0.3 is 5.97 Å². The first-order chi connectivity index (χ1) is 20.8. The number of aromatic nitrogens is 2. The van der Waals surface area contributed by atoms with Crippen LogP contribution in [0.1, 0.15) is 48.7 Å². The lowest BCUT2D eigenvalue weighted by Gasteiger charge is -2.37. The van der Waals surface area contributed by atoms with Crippen LogP contribution in [0.3, 0.4) is 0 Å². The molecule has 214 valence electrons. The molecule has 5 aromatic carbocycles. The number of ether oxygens (including phenoxy) is 1. The van der Waals surface area contributed by atoms with Crippen LogP contribution in [0.15, 0.2) is 140 Å². The number of carbonyl (C=O) groups is 1. The second-order valence-electron chi connectivity index (χ2n) is 11.2. The van der Waals surface area contributed by atoms with Crippen LogP contribution in [-0.4, -0.2) is 20.6 Å². The van der Waals surface area contributed by atoms with Crippen molar-refractivity contribution in [3.05, 3.63) is 168 Å². The van der Waals surface area contributed by atoms with Gasteiger partial charge in [-0.25, -0.2) is 4.98 Å². The molecule has 1 unspecified atom stereocenters. The van der Waals surface area contributed by atoms with Crippen LogP contribution in [0.25, 0.3) is 10.8 Å². The summed E-state index contributed by atoms with van der Waals surface area (Å²) in [5.41, 5.74) is 2.44. The van der Waals surface area contributed by atoms with Gasteiger partial charge in [-0.2, -0.15) is 0 Å². The molecule has 5 heteroatoms. The number of fused-ring (bicyclic) bond motifs is 1. The van der Waals surface area contributed by atoms with Gasteiger partial charge < -0.3 is 14.4 Å². The molecule has 0 amide bonds. The van der Waals surface area contributed by atoms with Crippen molar-refractivity contribution in [1.29, 1.82) is 0 Å². The number of benzene rings is 5. The van der Waals surface area contributed by atoms with Crippen molar-refractivity contribution in [3.63, 3.8) is 0 Å². The highest BCUT2D eigenvalue weighted by Gasteiger charge is 2.42. The zero-order valence-electron chi connectivity index (χ0n) is 24.5. The topological polar surface area (TPSA) is 64.3 Å². The average molecular weight is 567 g/mol. The molecule has 0 aliphatic rings. The maximum absolute atomic E-state index is 12.5. The number of imidazole rings is 1. The van der Waals surface area contributed by atoms with Gasteiger partial charge in [0.25, 0.3) is 0 Å². The number of hydrogen-bond acceptors (Lipinski definition) is 4. The molecule has 0 bridgehead atoms. The Labute approximate surface area is 252 Å². The van der Waals surface area contributed by atoms with Crippen molar-refractivity contribution in [2.75, 3.05) is 0 Å². The van der Waals surface area contributed by atoms with Gasteiger partial charge in [-0.05, 0) is 57.1 Å². The van der Waals surface area contributed by atoms with E-state index in [1.165, 1.54) is 6.92 Å². The smallest absolute Gasteiger partial charge is 0.308 e. The zero-order valence-corrected chi connectivity index (χ0v) is 24.5. The largest absolute Gasteiger partial charge is 0.427 e. The summed E-state index contributed by atoms with van der Waals surface area (Å²) in [6.45, 7) is 5.40. The molecule has 1 atom stereocenters. The van der Waals surface area contributed by atoms with Crippen molar-refractivity contribution < 1.29 is 14.6 Å². The number of nitrogens with zero attached hydrogens (tertiary/aromatic N) is 2. The molecular formula is C38H34N2O3. The summed E-state index contributed by atoms with van der Waals surface area (Å²) in [4.78, 5) is 16.4. The SMILES string of the molecule is CC(=O)Oc1ccc2cc(C(O)(c3cn(C(c4ccccc4)(c4ccccc4)c4ccccc4)cn3)C(C)C)ccc2c1. The number of esters is 1. The molecular weight excluding hydrogens is 532 g/mol. The average Bonchev–Trinajstić information content (AvgIpc) is 3.53. The van der Waals surface area contributed by atoms with E-state index in [0.29, 0.717) is 11.4 Å². The monoisotopic (exact) mass is 566 g/mol. The van der Waals surface area contributed by atoms with E-state index in [1.807, 2.05) is 74.9 Å². The van der Waals surface area contributed by atoms with Gasteiger partial charge in [-0.1, -0.05) is 123 Å². The zero-order chi connectivity index (χ0) is 30.0. The molecule has 6 aromatic rings. The Bertz CT molecular complexity index is 1770. The molecule has 1 N–H and O–H groups in total. The van der Waals surface area contributed by atoms with E-state index in [0.717, 1.165) is 33.0 Å². The van der Waals surface area contributed by atoms with Crippen LogP contribution >= 0.6 is 0 Å². The highest BCUT2D eigenvalue weighted by molar-refractivity contribution is 5.85. The molecule has 6 rings (SSSR count). The standard InChI is InChI=1S/C38H34N2O3/c1-27(2)38(42,34-21-19-30-24-35(43-28(3)41)22-20-29(30)23-34)36-25-40(26-39-36)37(31-13-7-4-8-14-31,32-15-9-5-10-16-32)33-17-11-6-12-18-33/h4-27,42H,1-3H3. The second kappa shape index (κ2) is 11.3. The van der Waals surface area contributed by atoms with E-state index in [1.54, 1.807) is 6.07 Å². The normalized spacial score (nSPS) is 13.1. The maximum atomic E-state index is 12.5. The van der Waals surface area contributed by atoms with E-state index in [9.17, 15) is 9.90 Å². The van der Waals surface area contributed by atoms with Gasteiger partial charge in [-0.3, -0.25) is 4.79 Å². The minimum atomic E-state index is -1.37. The number of hydrogen-bond donors (Lipinski definition) is 1. The Hall–Kier alpha value is -5.00. The summed E-state index contributed by atoms with van der Waals surface area (Å²) in [6.07, 6.45) is 3.82. The molecule has 0 radical (unpaired) electrons. The Morgan fingerprint density at radius 1 is 0.721 bits per heavy atom. The first kappa shape index (κ1) is 28.1. The molecule has 0 aliphatic heterocycles. The quantitative estimate of drug-likeness (QED) is 0.117. The van der Waals surface area contributed by atoms with Crippen molar-refractivity contribution >= 4 is 16.7 Å². The Morgan fingerprint density at radius 3 is 1.74 bits per heavy atom. The van der Waals surface area contributed by atoms with Gasteiger partial charge in [0.2, 0.25) is 0 Å². The van der Waals surface area contributed by atoms with E-state index in [-0.39, 0.29) is 11.9 Å². The Balaban J connectivity index is 1.54. The van der Waals surface area contributed by atoms with Crippen LogP contribution < -0.4 is 4.74 Å². The molecule has 5 nitrogen and oxygen atoms in total. The third kappa shape index (κ3) is 4.92. The molecule has 1 heterocycles. The first-order valence-electron chi connectivity index (χ1n) is 14.5. The fourth-order valence-corrected chi connectivity index (χ4v) is 6.16. The third-order valence-corrected chi connectivity index (χ3v) is 8.28. The van der Waals surface area contributed by atoms with Gasteiger partial charge in [0.05, 0.1) is 12.0 Å². The number of carbonyl (C=O) groups excluding carboxylic acids is 1. The van der Waals surface area contributed by atoms with Crippen molar-refractivity contribution in [3.8, 4) is 5.75 Å². The van der Waals surface area contributed by atoms with Crippen LogP contribution in [0.2, 0.25) is 0 Å². The minimum absolute atomic E-state index is 0.187. The van der Waals surface area contributed by atoms with Gasteiger partial charge in [0.15, 0.2) is 0 Å². The van der Waals surface area contributed by atoms with Crippen molar-refractivity contribution in [2.24, 2.45) is 5.92 Å². The van der Waals surface area contributed by atoms with E-state index in [2.05, 4.69) is 77.4 Å². The van der Waals surface area contributed by atoms with Crippen LogP contribution in [0.5, 0.6) is 5.75 Å². The fourth-order valence-electron chi connectivity index (χ4n) is 6.16. The van der Waals surface area contributed by atoms with Crippen molar-refractivity contribution in [2.45, 2.75) is 31.9 Å². The Kier molecular flexibility index (Phi) is 7.43. The third-order valence-electron chi connectivity index (χ3n) is 8.28. The number of rotatable bonds is 8. The highest BCUT2D eigenvalue weighted by Crippen LogP contribution is 2.43. The number of aliphatic hydroxyl groups is 1. The summed E-state index contributed by atoms with van der Waals surface area (Å²) in [7, 11) is 0. The lowest BCUT2D eigenvalue weighted by atomic mass is 9.76. The van der Waals surface area contributed by atoms with Crippen molar-refractivity contribution in [1.82, 2.24) is 9.55 Å². The summed E-state index contributed by atoms with van der Waals surface area (Å²) in [5, 5.41) is 14.4. The summed E-state index contributed by atoms with van der Waals surface area (Å²) < 4.78 is 7.40. The molecule has 0 saturated carbocycles. The maximum Gasteiger partial charge on any atom is 0.308 e. The summed E-state index contributed by atoms with van der Waals surface area (Å²) >= 11 is 0. The van der Waals surface area contributed by atoms with Gasteiger partial charge in [0.1, 0.15) is 16.9 Å². The molecule has 0 fully saturated rings. The van der Waals surface area contributed by atoms with Crippen LogP contribution in [0, 0.1) is 5.92 Å². The lowest BCUT2D eigenvalue weighted by Crippen LogP contribution is -2.37. The van der Waals surface area contributed by atoms with Crippen LogP contribution in [0.4, 0.5) is 0 Å². The lowest BCUT2D eigenvalue weighted by molar-refractivity contribution is -0.131. The van der Waals surface area contributed by atoms with Gasteiger partial charge in [0, 0.05) is 13.1 Å². The molecule has 0 saturated heterocycles. The van der Waals surface area contributed by atoms with Gasteiger partial charge in [-0.15, -0.1) is 0 Å². The molecule has 1 aromatic heterocycles.